The minimum atomic E-state index is -1.15. The van der Waals surface area contributed by atoms with E-state index >= 15 is 0 Å². The lowest BCUT2D eigenvalue weighted by Crippen LogP contribution is -2.45. The van der Waals surface area contributed by atoms with E-state index in [1.54, 1.807) is 0 Å². The van der Waals surface area contributed by atoms with Crippen LogP contribution in [0.1, 0.15) is 24.5 Å². The highest BCUT2D eigenvalue weighted by molar-refractivity contribution is 5.82. The summed E-state index contributed by atoms with van der Waals surface area (Å²) in [6.45, 7) is 2.38. The number of hydrogen-bond acceptors (Lipinski definition) is 2. The fourth-order valence-corrected chi connectivity index (χ4v) is 1.78. The Labute approximate surface area is 118 Å². The second-order valence-corrected chi connectivity index (χ2v) is 4.25. The Kier molecular flexibility index (Phi) is 6.11. The van der Waals surface area contributed by atoms with E-state index in [2.05, 4.69) is 16.6 Å². The second-order valence-electron chi connectivity index (χ2n) is 4.25. The number of carboxylic acid groups (broad SMARTS) is 1. The van der Waals surface area contributed by atoms with Crippen molar-refractivity contribution >= 4 is 12.0 Å². The smallest absolute Gasteiger partial charge is 0.327 e. The number of aliphatic carboxylic acids is 1. The van der Waals surface area contributed by atoms with Gasteiger partial charge in [0.05, 0.1) is 0 Å². The molecule has 5 heteroatoms. The number of carbonyl (C=O) groups excluding carboxylic acids is 1. The van der Waals surface area contributed by atoms with Gasteiger partial charge in [-0.3, -0.25) is 0 Å². The molecule has 1 atom stereocenters. The van der Waals surface area contributed by atoms with Crippen LogP contribution in [-0.4, -0.2) is 23.1 Å². The Morgan fingerprint density at radius 2 is 2.00 bits per heavy atom. The van der Waals surface area contributed by atoms with Gasteiger partial charge < -0.3 is 15.7 Å². The lowest BCUT2D eigenvalue weighted by atomic mass is 10.1. The molecule has 0 aliphatic heterocycles. The van der Waals surface area contributed by atoms with Crippen molar-refractivity contribution in [2.24, 2.45) is 0 Å². The molecule has 0 fully saturated rings. The number of hydrogen-bond donors (Lipinski definition) is 3. The average Bonchev–Trinajstić information content (AvgIpc) is 2.44. The van der Waals surface area contributed by atoms with Gasteiger partial charge in [0.15, 0.2) is 0 Å². The molecule has 0 spiro atoms. The van der Waals surface area contributed by atoms with Crippen molar-refractivity contribution in [2.45, 2.75) is 32.4 Å². The summed E-state index contributed by atoms with van der Waals surface area (Å²) in [4.78, 5) is 22.5. The van der Waals surface area contributed by atoms with E-state index in [1.165, 1.54) is 0 Å². The fraction of sp³-hybridized carbons (Fsp3) is 0.333. The van der Waals surface area contributed by atoms with E-state index in [-0.39, 0.29) is 6.42 Å². The third-order valence-corrected chi connectivity index (χ3v) is 2.86. The first-order chi connectivity index (χ1) is 9.58. The predicted molar refractivity (Wildman–Crippen MR) is 76.1 cm³/mol. The molecule has 2 amide bonds. The van der Waals surface area contributed by atoms with Gasteiger partial charge in [0.1, 0.15) is 6.04 Å². The third kappa shape index (κ3) is 4.65. The summed E-state index contributed by atoms with van der Waals surface area (Å²) < 4.78 is 0. The van der Waals surface area contributed by atoms with Gasteiger partial charge in [-0.2, -0.15) is 0 Å². The number of carboxylic acids is 1. The zero-order valence-electron chi connectivity index (χ0n) is 11.3. The van der Waals surface area contributed by atoms with Crippen LogP contribution in [0, 0.1) is 12.3 Å². The fourth-order valence-electron chi connectivity index (χ4n) is 1.78. The number of benzene rings is 1. The Hall–Kier alpha value is -2.48. The van der Waals surface area contributed by atoms with E-state index in [1.807, 2.05) is 31.2 Å². The molecule has 0 heterocycles. The highest BCUT2D eigenvalue weighted by atomic mass is 16.4. The molecule has 0 bridgehead atoms. The van der Waals surface area contributed by atoms with E-state index in [0.29, 0.717) is 6.54 Å². The molecule has 1 aromatic rings. The first-order valence-corrected chi connectivity index (χ1v) is 6.35. The zero-order valence-corrected chi connectivity index (χ0v) is 11.3. The Balaban J connectivity index is 2.55. The number of nitrogens with one attached hydrogen (secondary N) is 2. The minimum absolute atomic E-state index is 0.0473. The molecule has 3 N–H and O–H groups in total. The first-order valence-electron chi connectivity index (χ1n) is 6.35. The van der Waals surface area contributed by atoms with Crippen LogP contribution in [-0.2, 0) is 17.8 Å². The van der Waals surface area contributed by atoms with Crippen LogP contribution in [0.4, 0.5) is 4.79 Å². The van der Waals surface area contributed by atoms with Crippen molar-refractivity contribution in [3.8, 4) is 12.3 Å². The maximum Gasteiger partial charge on any atom is 0.327 e. The average molecular weight is 274 g/mol. The van der Waals surface area contributed by atoms with Crippen molar-refractivity contribution < 1.29 is 14.7 Å². The molecular formula is C15H18N2O3. The molecule has 0 aliphatic carbocycles. The lowest BCUT2D eigenvalue weighted by molar-refractivity contribution is -0.139. The molecule has 5 nitrogen and oxygen atoms in total. The van der Waals surface area contributed by atoms with Gasteiger partial charge in [-0.05, 0) is 17.5 Å². The van der Waals surface area contributed by atoms with Crippen LogP contribution < -0.4 is 10.6 Å². The lowest BCUT2D eigenvalue weighted by Gasteiger charge is -2.14. The van der Waals surface area contributed by atoms with Crippen molar-refractivity contribution in [1.82, 2.24) is 10.6 Å². The van der Waals surface area contributed by atoms with Gasteiger partial charge in [-0.15, -0.1) is 12.3 Å². The monoisotopic (exact) mass is 274 g/mol. The van der Waals surface area contributed by atoms with E-state index in [9.17, 15) is 9.59 Å². The summed E-state index contributed by atoms with van der Waals surface area (Å²) in [5.41, 5.74) is 2.15. The van der Waals surface area contributed by atoms with Crippen LogP contribution in [0.15, 0.2) is 24.3 Å². The number of aryl methyl sites for hydroxylation is 1. The minimum Gasteiger partial charge on any atom is -0.480 e. The zero-order chi connectivity index (χ0) is 15.0. The number of terminal acetylenes is 1. The molecular weight excluding hydrogens is 256 g/mol. The van der Waals surface area contributed by atoms with Crippen molar-refractivity contribution in [3.63, 3.8) is 0 Å². The first kappa shape index (κ1) is 15.6. The molecule has 0 saturated carbocycles. The maximum atomic E-state index is 11.7. The summed E-state index contributed by atoms with van der Waals surface area (Å²) >= 11 is 0. The van der Waals surface area contributed by atoms with Gasteiger partial charge in [0.2, 0.25) is 0 Å². The summed E-state index contributed by atoms with van der Waals surface area (Å²) in [6.07, 6.45) is 5.88. The van der Waals surface area contributed by atoms with Crippen molar-refractivity contribution in [3.05, 3.63) is 35.4 Å². The van der Waals surface area contributed by atoms with E-state index < -0.39 is 18.0 Å². The summed E-state index contributed by atoms with van der Waals surface area (Å²) in [5, 5.41) is 13.9. The van der Waals surface area contributed by atoms with Crippen molar-refractivity contribution in [1.29, 1.82) is 0 Å². The van der Waals surface area contributed by atoms with E-state index in [0.717, 1.165) is 17.5 Å². The summed E-state index contributed by atoms with van der Waals surface area (Å²) in [7, 11) is 0. The molecule has 1 aromatic carbocycles. The van der Waals surface area contributed by atoms with Crippen LogP contribution in [0.25, 0.3) is 0 Å². The van der Waals surface area contributed by atoms with Crippen molar-refractivity contribution in [2.75, 3.05) is 0 Å². The molecule has 1 unspecified atom stereocenters. The second kappa shape index (κ2) is 7.85. The third-order valence-electron chi connectivity index (χ3n) is 2.86. The molecule has 0 aromatic heterocycles. The number of amides is 2. The van der Waals surface area contributed by atoms with Crippen LogP contribution in [0.3, 0.4) is 0 Å². The Bertz CT molecular complexity index is 520. The normalized spacial score (nSPS) is 11.2. The molecule has 1 rings (SSSR count). The molecule has 20 heavy (non-hydrogen) atoms. The number of rotatable bonds is 6. The quantitative estimate of drug-likeness (QED) is 0.688. The topological polar surface area (TPSA) is 78.4 Å². The van der Waals surface area contributed by atoms with Gasteiger partial charge in [-0.1, -0.05) is 31.2 Å². The SMILES string of the molecule is C#CCC(NC(=O)NCc1ccccc1CC)C(=O)O. The summed E-state index contributed by atoms with van der Waals surface area (Å²) in [6, 6.07) is 6.14. The predicted octanol–water partition coefficient (Wildman–Crippen LogP) is 1.52. The standard InChI is InChI=1S/C15H18N2O3/c1-3-7-13(14(18)19)17-15(20)16-10-12-9-6-5-8-11(12)4-2/h1,5-6,8-9,13H,4,7,10H2,2H3,(H,18,19)(H2,16,17,20). The van der Waals surface area contributed by atoms with Crippen LogP contribution in [0.5, 0.6) is 0 Å². The molecule has 0 saturated heterocycles. The van der Waals surface area contributed by atoms with Gasteiger partial charge in [0.25, 0.3) is 0 Å². The largest absolute Gasteiger partial charge is 0.480 e. The Morgan fingerprint density at radius 1 is 1.35 bits per heavy atom. The highest BCUT2D eigenvalue weighted by Crippen LogP contribution is 2.08. The number of urea groups is 1. The number of carbonyl (C=O) groups is 2. The highest BCUT2D eigenvalue weighted by Gasteiger charge is 2.18. The van der Waals surface area contributed by atoms with Gasteiger partial charge >= 0.3 is 12.0 Å². The van der Waals surface area contributed by atoms with E-state index in [4.69, 9.17) is 11.5 Å². The van der Waals surface area contributed by atoms with Gasteiger partial charge in [0, 0.05) is 13.0 Å². The van der Waals surface area contributed by atoms with Crippen LogP contribution >= 0.6 is 0 Å². The molecule has 106 valence electrons. The van der Waals surface area contributed by atoms with Gasteiger partial charge in [-0.25, -0.2) is 9.59 Å². The Morgan fingerprint density at radius 3 is 2.55 bits per heavy atom. The molecule has 0 aliphatic rings. The maximum absolute atomic E-state index is 11.7. The van der Waals surface area contributed by atoms with Crippen LogP contribution in [0.2, 0.25) is 0 Å². The molecule has 0 radical (unpaired) electrons. The summed E-state index contributed by atoms with van der Waals surface area (Å²) in [5.74, 6) is 1.08.